The third-order valence-electron chi connectivity index (χ3n) is 3.67. The lowest BCUT2D eigenvalue weighted by Gasteiger charge is -2.47. The summed E-state index contributed by atoms with van der Waals surface area (Å²) < 4.78 is 46.4. The first-order valence-electron chi connectivity index (χ1n) is 7.78. The van der Waals surface area contributed by atoms with E-state index in [0.717, 1.165) is 0 Å². The van der Waals surface area contributed by atoms with E-state index in [1.54, 1.807) is 24.3 Å². The van der Waals surface area contributed by atoms with Crippen LogP contribution < -0.4 is 5.73 Å². The van der Waals surface area contributed by atoms with Crippen LogP contribution in [0.25, 0.3) is 0 Å². The van der Waals surface area contributed by atoms with Gasteiger partial charge < -0.3 is 20.1 Å². The zero-order chi connectivity index (χ0) is 20.2. The maximum Gasteiger partial charge on any atom is 0.411 e. The van der Waals surface area contributed by atoms with Gasteiger partial charge in [-0.05, 0) is 31.2 Å². The predicted octanol–water partition coefficient (Wildman–Crippen LogP) is 2.18. The fourth-order valence-corrected chi connectivity index (χ4v) is 2.45. The molecule has 0 spiro atoms. The third-order valence-corrected chi connectivity index (χ3v) is 3.92. The van der Waals surface area contributed by atoms with E-state index in [1.807, 2.05) is 0 Å². The lowest BCUT2D eigenvalue weighted by Crippen LogP contribution is -2.64. The Morgan fingerprint density at radius 2 is 1.96 bits per heavy atom. The van der Waals surface area contributed by atoms with E-state index in [1.165, 1.54) is 11.8 Å². The minimum Gasteiger partial charge on any atom is -0.407 e. The van der Waals surface area contributed by atoms with Crippen molar-refractivity contribution in [1.82, 2.24) is 4.90 Å². The fraction of sp³-hybridized carbons (Fsp3) is 0.438. The molecule has 1 saturated heterocycles. The van der Waals surface area contributed by atoms with Gasteiger partial charge in [0.25, 0.3) is 6.02 Å². The molecule has 1 aliphatic rings. The third kappa shape index (κ3) is 6.40. The van der Waals surface area contributed by atoms with Gasteiger partial charge in [-0.3, -0.25) is 10.2 Å². The number of nitrogens with zero attached hydrogens (tertiary/aromatic N) is 2. The van der Waals surface area contributed by atoms with Crippen molar-refractivity contribution in [3.8, 4) is 0 Å². The van der Waals surface area contributed by atoms with E-state index in [-0.39, 0.29) is 31.6 Å². The van der Waals surface area contributed by atoms with Gasteiger partial charge in [0.1, 0.15) is 18.8 Å². The van der Waals surface area contributed by atoms with Crippen LogP contribution in [0.3, 0.4) is 0 Å². The number of carbonyl (C=O) groups is 1. The van der Waals surface area contributed by atoms with Gasteiger partial charge in [0.15, 0.2) is 0 Å². The van der Waals surface area contributed by atoms with E-state index in [2.05, 4.69) is 4.99 Å². The maximum absolute atomic E-state index is 12.2. The first-order chi connectivity index (χ1) is 12.5. The second kappa shape index (κ2) is 8.13. The molecule has 1 fully saturated rings. The van der Waals surface area contributed by atoms with Crippen LogP contribution in [-0.4, -0.2) is 60.7 Å². The van der Waals surface area contributed by atoms with Crippen LogP contribution in [0.2, 0.25) is 5.02 Å². The molecule has 0 unspecified atom stereocenters. The van der Waals surface area contributed by atoms with Crippen LogP contribution in [0.4, 0.5) is 13.2 Å². The highest BCUT2D eigenvalue weighted by atomic mass is 35.5. The summed E-state index contributed by atoms with van der Waals surface area (Å²) in [5.41, 5.74) is 4.93. The summed E-state index contributed by atoms with van der Waals surface area (Å²) in [6.45, 7) is -0.166. The number of halogens is 4. The van der Waals surface area contributed by atoms with Gasteiger partial charge in [-0.2, -0.15) is 13.2 Å². The topological polar surface area (TPSA) is 101 Å². The monoisotopic (exact) mass is 406 g/mol. The molecule has 11 heteroatoms. The molecule has 0 atom stereocenters. The van der Waals surface area contributed by atoms with E-state index < -0.39 is 24.3 Å². The molecule has 1 aliphatic heterocycles. The van der Waals surface area contributed by atoms with E-state index >= 15 is 0 Å². The Hall–Kier alpha value is -2.33. The SMILES string of the molecule is CC1(OCC(F)(F)F)CN(C(=O)CN=C(N)OC(=N)c2ccc(Cl)cc2)C1. The summed E-state index contributed by atoms with van der Waals surface area (Å²) in [6, 6.07) is 5.90. The Morgan fingerprint density at radius 3 is 2.52 bits per heavy atom. The first-order valence-corrected chi connectivity index (χ1v) is 8.16. The van der Waals surface area contributed by atoms with Crippen LogP contribution in [0, 0.1) is 5.41 Å². The van der Waals surface area contributed by atoms with Crippen molar-refractivity contribution >= 4 is 29.4 Å². The average Bonchev–Trinajstić information content (AvgIpc) is 2.55. The van der Waals surface area contributed by atoms with Crippen molar-refractivity contribution in [3.63, 3.8) is 0 Å². The van der Waals surface area contributed by atoms with Crippen molar-refractivity contribution in [1.29, 1.82) is 5.41 Å². The van der Waals surface area contributed by atoms with E-state index in [4.69, 9.17) is 32.2 Å². The zero-order valence-electron chi connectivity index (χ0n) is 14.3. The highest BCUT2D eigenvalue weighted by molar-refractivity contribution is 6.30. The van der Waals surface area contributed by atoms with Crippen LogP contribution in [0.1, 0.15) is 12.5 Å². The molecule has 0 aliphatic carbocycles. The van der Waals surface area contributed by atoms with Crippen LogP contribution >= 0.6 is 11.6 Å². The Balaban J connectivity index is 1.78. The molecule has 3 N–H and O–H groups in total. The number of hydrogen-bond donors (Lipinski definition) is 2. The number of hydrogen-bond acceptors (Lipinski definition) is 5. The standard InChI is InChI=1S/C16H18ClF3N4O3/c1-15(26-9-16(18,19)20)7-24(8-15)12(25)6-23-14(22)27-13(21)10-2-4-11(17)5-3-10/h2-5,21H,6-9H2,1H3,(H2,22,23). The summed E-state index contributed by atoms with van der Waals surface area (Å²) >= 11 is 5.75. The lowest BCUT2D eigenvalue weighted by atomic mass is 9.96. The average molecular weight is 407 g/mol. The van der Waals surface area contributed by atoms with Gasteiger partial charge in [0.05, 0.1) is 13.1 Å². The Labute approximate surface area is 158 Å². The quantitative estimate of drug-likeness (QED) is 0.578. The molecule has 148 valence electrons. The van der Waals surface area contributed by atoms with Crippen molar-refractivity contribution in [2.45, 2.75) is 18.7 Å². The van der Waals surface area contributed by atoms with Gasteiger partial charge in [-0.1, -0.05) is 11.6 Å². The number of amides is 1. The summed E-state index contributed by atoms with van der Waals surface area (Å²) in [4.78, 5) is 17.0. The zero-order valence-corrected chi connectivity index (χ0v) is 15.1. The molecule has 1 aromatic carbocycles. The molecule has 27 heavy (non-hydrogen) atoms. The number of ether oxygens (including phenoxy) is 2. The molecule has 0 aromatic heterocycles. The Kier molecular flexibility index (Phi) is 6.32. The minimum atomic E-state index is -4.42. The van der Waals surface area contributed by atoms with Crippen molar-refractivity contribution in [3.05, 3.63) is 34.9 Å². The second-order valence-corrected chi connectivity index (χ2v) is 6.63. The van der Waals surface area contributed by atoms with E-state index in [0.29, 0.717) is 10.6 Å². The molecule has 1 heterocycles. The van der Waals surface area contributed by atoms with Crippen LogP contribution in [0.15, 0.2) is 29.3 Å². The molecular weight excluding hydrogens is 389 g/mol. The predicted molar refractivity (Wildman–Crippen MR) is 92.8 cm³/mol. The van der Waals surface area contributed by atoms with Gasteiger partial charge in [-0.25, -0.2) is 4.99 Å². The highest BCUT2D eigenvalue weighted by Crippen LogP contribution is 2.27. The fourth-order valence-electron chi connectivity index (χ4n) is 2.33. The summed E-state index contributed by atoms with van der Waals surface area (Å²) in [7, 11) is 0. The van der Waals surface area contributed by atoms with Gasteiger partial charge in [-0.15, -0.1) is 0 Å². The molecule has 1 aromatic rings. The van der Waals surface area contributed by atoms with Gasteiger partial charge >= 0.3 is 6.18 Å². The number of alkyl halides is 3. The molecule has 0 saturated carbocycles. The lowest BCUT2D eigenvalue weighted by molar-refractivity contribution is -0.226. The first kappa shape index (κ1) is 21.0. The number of likely N-dealkylation sites (tertiary alicyclic amines) is 1. The number of aliphatic imine (C=N–C) groups is 1. The maximum atomic E-state index is 12.2. The summed E-state index contributed by atoms with van der Waals surface area (Å²) in [6.07, 6.45) is -4.42. The van der Waals surface area contributed by atoms with Gasteiger partial charge in [0, 0.05) is 10.6 Å². The smallest absolute Gasteiger partial charge is 0.407 e. The van der Waals surface area contributed by atoms with E-state index in [9.17, 15) is 18.0 Å². The summed E-state index contributed by atoms with van der Waals surface area (Å²) in [5.74, 6) is -0.704. The molecule has 2 rings (SSSR count). The molecule has 1 amide bonds. The molecule has 7 nitrogen and oxygen atoms in total. The largest absolute Gasteiger partial charge is 0.411 e. The van der Waals surface area contributed by atoms with Crippen LogP contribution in [0.5, 0.6) is 0 Å². The Morgan fingerprint density at radius 1 is 1.37 bits per heavy atom. The molecule has 0 radical (unpaired) electrons. The number of nitrogens with two attached hydrogens (primary N) is 1. The number of amidine groups is 1. The second-order valence-electron chi connectivity index (χ2n) is 6.20. The van der Waals surface area contributed by atoms with Crippen molar-refractivity contribution in [2.75, 3.05) is 26.2 Å². The van der Waals surface area contributed by atoms with Crippen molar-refractivity contribution in [2.24, 2.45) is 10.7 Å². The number of nitrogens with one attached hydrogen (secondary N) is 1. The minimum absolute atomic E-state index is 0.0266. The molecule has 0 bridgehead atoms. The summed E-state index contributed by atoms with van der Waals surface area (Å²) in [5, 5.41) is 8.27. The number of carbonyl (C=O) groups excluding carboxylic acids is 1. The number of rotatable bonds is 5. The van der Waals surface area contributed by atoms with Gasteiger partial charge in [0.2, 0.25) is 11.8 Å². The Bertz CT molecular complexity index is 731. The number of benzene rings is 1. The van der Waals surface area contributed by atoms with Crippen LogP contribution in [-0.2, 0) is 14.3 Å². The molecular formula is C16H18ClF3N4O3. The highest BCUT2D eigenvalue weighted by Gasteiger charge is 2.44. The van der Waals surface area contributed by atoms with Crippen molar-refractivity contribution < 1.29 is 27.4 Å². The normalized spacial score (nSPS) is 16.6.